The predicted octanol–water partition coefficient (Wildman–Crippen LogP) is 10.8. The van der Waals surface area contributed by atoms with Crippen molar-refractivity contribution in [3.63, 3.8) is 0 Å². The van der Waals surface area contributed by atoms with Crippen molar-refractivity contribution in [1.29, 1.82) is 0 Å². The van der Waals surface area contributed by atoms with E-state index in [1.807, 2.05) is 46.7 Å². The zero-order valence-electron chi connectivity index (χ0n) is 57.6. The van der Waals surface area contributed by atoms with E-state index in [0.717, 1.165) is 57.5 Å². The van der Waals surface area contributed by atoms with Gasteiger partial charge in [0.05, 0.1) is 53.7 Å². The minimum atomic E-state index is -2.01. The highest BCUT2D eigenvalue weighted by Gasteiger charge is 2.56. The van der Waals surface area contributed by atoms with E-state index in [0.29, 0.717) is 12.8 Å². The van der Waals surface area contributed by atoms with Crippen molar-refractivity contribution < 1.29 is 58.8 Å². The topological polar surface area (TPSA) is 188 Å². The van der Waals surface area contributed by atoms with E-state index in [4.69, 9.17) is 23.7 Å². The largest absolute Gasteiger partial charge is 0.459 e. The van der Waals surface area contributed by atoms with Gasteiger partial charge in [-0.05, 0) is 217 Å². The number of ether oxygens (including phenoxy) is 5. The fraction of sp³-hybridized carbons (Fsp3) is 0.726. The van der Waals surface area contributed by atoms with E-state index in [1.165, 1.54) is 63.3 Å². The van der Waals surface area contributed by atoms with E-state index in [2.05, 4.69) is 96.1 Å². The average Bonchev–Trinajstić information content (AvgIpc) is 0.852. The van der Waals surface area contributed by atoms with Crippen LogP contribution in [0.3, 0.4) is 0 Å². The molecule has 1 unspecified atom stereocenters. The Morgan fingerprint density at radius 3 is 1.64 bits per heavy atom. The lowest BCUT2D eigenvalue weighted by molar-refractivity contribution is -0.302. The molecule has 6 rings (SSSR count). The van der Waals surface area contributed by atoms with E-state index in [1.54, 1.807) is 39.5 Å². The molecule has 14 nitrogen and oxygen atoms in total. The van der Waals surface area contributed by atoms with Gasteiger partial charge in [0.1, 0.15) is 53.2 Å². The number of benzene rings is 3. The Hall–Kier alpha value is -3.37. The summed E-state index contributed by atoms with van der Waals surface area (Å²) in [6.45, 7) is 31.3. The van der Waals surface area contributed by atoms with Crippen molar-refractivity contribution in [3.05, 3.63) is 88.0 Å². The summed E-state index contributed by atoms with van der Waals surface area (Å²) in [6, 6.07) is 20.4. The van der Waals surface area contributed by atoms with Gasteiger partial charge in [-0.3, -0.25) is 9.59 Å². The minimum Gasteiger partial charge on any atom is -0.459 e. The Balaban J connectivity index is 1.17. The Labute approximate surface area is 531 Å². The highest BCUT2D eigenvalue weighted by molar-refractivity contribution is 7.95. The number of nitrogens with zero attached hydrogens (tertiary/aromatic N) is 2. The number of carbonyl (C=O) groups is 2. The van der Waals surface area contributed by atoms with Gasteiger partial charge in [0.25, 0.3) is 0 Å². The minimum absolute atomic E-state index is 0.105. The first-order valence-corrected chi connectivity index (χ1v) is 35.5. The number of carbonyl (C=O) groups excluding carboxylic acids is 2. The summed E-state index contributed by atoms with van der Waals surface area (Å²) in [6.07, 6.45) is 2.90. The van der Waals surface area contributed by atoms with Crippen LogP contribution in [0.5, 0.6) is 0 Å². The summed E-state index contributed by atoms with van der Waals surface area (Å²) in [5.74, 6) is -3.64. The number of aliphatic hydroxyl groups is 5. The number of cyclic esters (lactones) is 1. The summed E-state index contributed by atoms with van der Waals surface area (Å²) in [7, 11) is 3.32. The second kappa shape index (κ2) is 31.5. The fourth-order valence-electron chi connectivity index (χ4n) is 15.7. The molecule has 3 aromatic rings. The number of aliphatic hydroxyl groups excluding tert-OH is 3. The molecular formula is C73H118N2O12P+. The van der Waals surface area contributed by atoms with Crippen molar-refractivity contribution >= 4 is 35.1 Å². The number of amides is 1. The first-order chi connectivity index (χ1) is 41.2. The monoisotopic (exact) mass is 1250 g/mol. The number of likely N-dealkylation sites (N-methyl/N-ethyl adjacent to an activating group) is 1. The van der Waals surface area contributed by atoms with Gasteiger partial charge in [-0.2, -0.15) is 0 Å². The van der Waals surface area contributed by atoms with Crippen LogP contribution in [0.4, 0.5) is 0 Å². The van der Waals surface area contributed by atoms with E-state index in [-0.39, 0.29) is 56.2 Å². The van der Waals surface area contributed by atoms with Crippen molar-refractivity contribution in [2.45, 2.75) is 285 Å². The van der Waals surface area contributed by atoms with Gasteiger partial charge < -0.3 is 59.0 Å². The third-order valence-electron chi connectivity index (χ3n) is 20.4. The Bertz CT molecular complexity index is 2550. The SMILES string of the molecule is CC[C@H]1OC(=O)[C@H](C)[C@@H](C2C[C@@](C)(OC)[C@@H](O)[C@H](C)O2)[C@H](C)[C@@H](O[C@@H]2O[C@H](C)C[C@H](N(C)C)[C@H]2O)[C@](C)(O)C[C@@H](C)CN(C(=O)CCCCCCCCCCC[P+](c2cc(C)cc(C)c2)(c2cc(C)cc(C)c2)c2cc(C)cc(C)c2)[C@H](C)[C@@H](O)[C@]1(C)O. The maximum absolute atomic E-state index is 14.9. The van der Waals surface area contributed by atoms with Crippen LogP contribution in [-0.2, 0) is 33.3 Å². The molecule has 88 heavy (non-hydrogen) atoms. The molecule has 5 N–H and O–H groups in total. The molecule has 0 aromatic heterocycles. The Morgan fingerprint density at radius 2 is 1.17 bits per heavy atom. The molecule has 3 saturated heterocycles. The number of hydrogen-bond acceptors (Lipinski definition) is 13. The summed E-state index contributed by atoms with van der Waals surface area (Å²) in [4.78, 5) is 33.2. The molecule has 3 aliphatic heterocycles. The highest BCUT2D eigenvalue weighted by atomic mass is 31.2. The quantitative estimate of drug-likeness (QED) is 0.0386. The average molecular weight is 1250 g/mol. The summed E-state index contributed by atoms with van der Waals surface area (Å²) in [5.41, 5.74) is 3.11. The van der Waals surface area contributed by atoms with Crippen molar-refractivity contribution in [2.75, 3.05) is 33.9 Å². The van der Waals surface area contributed by atoms with Gasteiger partial charge in [-0.1, -0.05) is 84.4 Å². The molecule has 3 aliphatic rings. The maximum Gasteiger partial charge on any atom is 0.309 e. The van der Waals surface area contributed by atoms with Crippen LogP contribution in [0.2, 0.25) is 0 Å². The smallest absolute Gasteiger partial charge is 0.309 e. The van der Waals surface area contributed by atoms with Crippen LogP contribution in [0.25, 0.3) is 0 Å². The van der Waals surface area contributed by atoms with Crippen molar-refractivity contribution in [2.24, 2.45) is 23.7 Å². The Kier molecular flexibility index (Phi) is 26.4. The third kappa shape index (κ3) is 17.6. The standard InChI is InChI=1S/C73H118N2O12P/c1-20-62-73(16,82)66(78)55(12)75(63(76)30-28-26-24-22-21-23-25-27-29-31-88(57-35-45(2)32-46(3)36-57,58-37-47(4)33-48(5)38-58)59-39-49(6)34-50(7)40-59)44-51(8)42-71(14,81)68(87-70-65(77)60(74(17)18)41-52(9)84-70)53(10)64(54(11)69(80)86-62)61-43-72(15,83-19)67(79)56(13)85-61/h32-40,51-56,60-62,64-68,70,77-79,81-82H,20-31,41-44H2,1-19H3/q+1/t51-,52-,53+,54-,55-,56+,60+,61?,62-,64+,65-,66-,67+,68-,70+,71-,72-,73-/m1/s1. The molecule has 0 aliphatic carbocycles. The number of methoxy groups -OCH3 is 1. The molecule has 0 saturated carbocycles. The van der Waals surface area contributed by atoms with Crippen LogP contribution in [0.15, 0.2) is 54.6 Å². The summed E-state index contributed by atoms with van der Waals surface area (Å²) < 4.78 is 32.3. The van der Waals surface area contributed by atoms with Gasteiger partial charge in [-0.25, -0.2) is 0 Å². The normalized spacial score (nSPS) is 34.1. The lowest BCUT2D eigenvalue weighted by Crippen LogP contribution is -2.61. The van der Waals surface area contributed by atoms with Crippen LogP contribution in [0, 0.1) is 65.2 Å². The van der Waals surface area contributed by atoms with Gasteiger partial charge in [0, 0.05) is 38.5 Å². The Morgan fingerprint density at radius 1 is 0.693 bits per heavy atom. The lowest BCUT2D eigenvalue weighted by atomic mass is 9.68. The molecule has 0 radical (unpaired) electrons. The van der Waals surface area contributed by atoms with Crippen molar-refractivity contribution in [1.82, 2.24) is 9.80 Å². The lowest BCUT2D eigenvalue weighted by Gasteiger charge is -2.51. The number of rotatable bonds is 21. The molecule has 496 valence electrons. The first-order valence-electron chi connectivity index (χ1n) is 33.5. The summed E-state index contributed by atoms with van der Waals surface area (Å²) >= 11 is 0. The van der Waals surface area contributed by atoms with Gasteiger partial charge in [0.15, 0.2) is 6.29 Å². The van der Waals surface area contributed by atoms with Gasteiger partial charge in [-0.15, -0.1) is 0 Å². The molecule has 15 heteroatoms. The second-order valence-corrected chi connectivity index (χ2v) is 32.5. The number of esters is 1. The van der Waals surface area contributed by atoms with Crippen molar-refractivity contribution in [3.8, 4) is 0 Å². The second-order valence-electron chi connectivity index (χ2n) is 28.9. The fourth-order valence-corrected chi connectivity index (χ4v) is 20.7. The zero-order valence-corrected chi connectivity index (χ0v) is 58.5. The first kappa shape index (κ1) is 73.7. The van der Waals surface area contributed by atoms with Crippen LogP contribution in [-0.4, -0.2) is 165 Å². The number of hydrogen-bond donors (Lipinski definition) is 5. The third-order valence-corrected chi connectivity index (χ3v) is 24.8. The van der Waals surface area contributed by atoms with Gasteiger partial charge >= 0.3 is 5.97 Å². The molecule has 3 fully saturated rings. The molecule has 3 heterocycles. The molecule has 3 aromatic carbocycles. The number of aryl methyl sites for hydroxylation is 6. The molecule has 0 bridgehead atoms. The molecule has 0 spiro atoms. The van der Waals surface area contributed by atoms with Crippen LogP contribution < -0.4 is 15.9 Å². The molecule has 18 atom stereocenters. The molecular weight excluding hydrogens is 1130 g/mol. The number of unbranched alkanes of at least 4 members (excludes halogenated alkanes) is 8. The maximum atomic E-state index is 14.9. The summed E-state index contributed by atoms with van der Waals surface area (Å²) in [5, 5.41) is 65.6. The van der Waals surface area contributed by atoms with E-state index >= 15 is 0 Å². The van der Waals surface area contributed by atoms with Crippen LogP contribution >= 0.6 is 7.26 Å². The van der Waals surface area contributed by atoms with Crippen LogP contribution in [0.1, 0.15) is 193 Å². The molecule has 1 amide bonds. The van der Waals surface area contributed by atoms with E-state index in [9.17, 15) is 35.1 Å². The van der Waals surface area contributed by atoms with E-state index < -0.39 is 103 Å². The predicted molar refractivity (Wildman–Crippen MR) is 356 cm³/mol. The zero-order chi connectivity index (χ0) is 65.4. The van der Waals surface area contributed by atoms with Gasteiger partial charge in [0.2, 0.25) is 5.91 Å². The highest BCUT2D eigenvalue weighted by Crippen LogP contribution is 2.57.